The quantitative estimate of drug-likeness (QED) is 0.672. The van der Waals surface area contributed by atoms with Gasteiger partial charge in [-0.2, -0.15) is 17.5 Å². The summed E-state index contributed by atoms with van der Waals surface area (Å²) in [5.74, 6) is 1.35. The maximum absolute atomic E-state index is 13.3. The Kier molecular flexibility index (Phi) is 5.40. The first-order valence-electron chi connectivity index (χ1n) is 11.8. The van der Waals surface area contributed by atoms with Gasteiger partial charge in [0.2, 0.25) is 15.9 Å². The van der Waals surface area contributed by atoms with E-state index in [1.54, 1.807) is 0 Å². The standard InChI is InChI=1S/C24H31F3N2O3S/c1-22-9-17-7-18(10-22)12-23(11-17,15-22)21(30)28-13-16-5-6-29(14-16)33(31,32)20-4-2-3-19(8-20)24(25,26)27/h2-4,8,16-18H,5-7,9-15H2,1H3,(H,28,30)/t16?,17-,18+,22?,23?. The molecule has 5 aliphatic rings. The number of hydrogen-bond donors (Lipinski definition) is 1. The number of nitrogens with zero attached hydrogens (tertiary/aromatic N) is 1. The Bertz CT molecular complexity index is 1040. The Morgan fingerprint density at radius 2 is 1.88 bits per heavy atom. The molecular weight excluding hydrogens is 453 g/mol. The van der Waals surface area contributed by atoms with Crippen molar-refractivity contribution in [2.75, 3.05) is 19.6 Å². The molecular formula is C24H31F3N2O3S. The number of sulfonamides is 1. The maximum atomic E-state index is 13.3. The number of carbonyl (C=O) groups excluding carboxylic acids is 1. The van der Waals surface area contributed by atoms with Crippen molar-refractivity contribution in [1.29, 1.82) is 0 Å². The van der Waals surface area contributed by atoms with E-state index in [1.807, 2.05) is 0 Å². The van der Waals surface area contributed by atoms with Gasteiger partial charge in [0.25, 0.3) is 0 Å². The van der Waals surface area contributed by atoms with Gasteiger partial charge in [-0.05, 0) is 86.3 Å². The van der Waals surface area contributed by atoms with E-state index in [1.165, 1.54) is 29.6 Å². The van der Waals surface area contributed by atoms with Crippen LogP contribution in [-0.2, 0) is 21.0 Å². The molecule has 1 heterocycles. The fourth-order valence-corrected chi connectivity index (χ4v) is 9.15. The summed E-state index contributed by atoms with van der Waals surface area (Å²) in [4.78, 5) is 12.9. The van der Waals surface area contributed by atoms with E-state index in [4.69, 9.17) is 0 Å². The number of nitrogens with one attached hydrogen (secondary N) is 1. The SMILES string of the molecule is CC12C[C@H]3C[C@@H](C1)CC(C(=O)NCC1CCN(S(=O)(=O)c4cccc(C(F)(F)F)c4)C1)(C3)C2. The van der Waals surface area contributed by atoms with E-state index in [9.17, 15) is 26.4 Å². The normalized spacial score (nSPS) is 36.3. The summed E-state index contributed by atoms with van der Waals surface area (Å²) in [5.41, 5.74) is -0.984. The third-order valence-electron chi connectivity index (χ3n) is 8.43. The monoisotopic (exact) mass is 484 g/mol. The van der Waals surface area contributed by atoms with E-state index >= 15 is 0 Å². The second kappa shape index (κ2) is 7.70. The topological polar surface area (TPSA) is 66.5 Å². The molecule has 182 valence electrons. The van der Waals surface area contributed by atoms with Crippen LogP contribution in [0.4, 0.5) is 13.2 Å². The van der Waals surface area contributed by atoms with Crippen molar-refractivity contribution in [1.82, 2.24) is 9.62 Å². The summed E-state index contributed by atoms with van der Waals surface area (Å²) in [6, 6.07) is 3.88. The van der Waals surface area contributed by atoms with Gasteiger partial charge in [0.15, 0.2) is 0 Å². The van der Waals surface area contributed by atoms with E-state index in [0.717, 1.165) is 31.4 Å². The van der Waals surface area contributed by atoms with Crippen LogP contribution in [0.2, 0.25) is 0 Å². The molecule has 0 radical (unpaired) electrons. The van der Waals surface area contributed by atoms with Gasteiger partial charge in [0, 0.05) is 19.6 Å². The molecule has 1 N–H and O–H groups in total. The van der Waals surface area contributed by atoms with Gasteiger partial charge < -0.3 is 5.32 Å². The summed E-state index contributed by atoms with van der Waals surface area (Å²) < 4.78 is 66.2. The number of benzene rings is 1. The van der Waals surface area contributed by atoms with Crippen LogP contribution in [0.15, 0.2) is 29.2 Å². The summed E-state index contributed by atoms with van der Waals surface area (Å²) in [6.07, 6.45) is 2.55. The molecule has 1 amide bonds. The van der Waals surface area contributed by atoms with Gasteiger partial charge >= 0.3 is 6.18 Å². The van der Waals surface area contributed by atoms with E-state index < -0.39 is 21.8 Å². The van der Waals surface area contributed by atoms with Crippen molar-refractivity contribution in [3.63, 3.8) is 0 Å². The lowest BCUT2D eigenvalue weighted by molar-refractivity contribution is -0.155. The molecule has 0 aromatic heterocycles. The predicted molar refractivity (Wildman–Crippen MR) is 117 cm³/mol. The maximum Gasteiger partial charge on any atom is 0.416 e. The molecule has 6 rings (SSSR count). The minimum absolute atomic E-state index is 0.0426. The molecule has 1 saturated heterocycles. The smallest absolute Gasteiger partial charge is 0.355 e. The van der Waals surface area contributed by atoms with Crippen LogP contribution in [-0.4, -0.2) is 38.3 Å². The van der Waals surface area contributed by atoms with Crippen molar-refractivity contribution in [3.8, 4) is 0 Å². The summed E-state index contributed by atoms with van der Waals surface area (Å²) >= 11 is 0. The molecule has 4 aliphatic carbocycles. The van der Waals surface area contributed by atoms with Gasteiger partial charge in [0.05, 0.1) is 15.9 Å². The molecule has 3 unspecified atom stereocenters. The van der Waals surface area contributed by atoms with E-state index in [0.29, 0.717) is 30.9 Å². The van der Waals surface area contributed by atoms with Crippen molar-refractivity contribution in [3.05, 3.63) is 29.8 Å². The molecule has 1 aromatic rings. The molecule has 5 fully saturated rings. The van der Waals surface area contributed by atoms with Gasteiger partial charge in [-0.1, -0.05) is 13.0 Å². The van der Waals surface area contributed by atoms with Crippen LogP contribution in [0, 0.1) is 28.6 Å². The fourth-order valence-electron chi connectivity index (χ4n) is 7.57. The Hall–Kier alpha value is -1.61. The molecule has 9 heteroatoms. The lowest BCUT2D eigenvalue weighted by atomic mass is 9.44. The van der Waals surface area contributed by atoms with E-state index in [-0.39, 0.29) is 40.6 Å². The first kappa shape index (κ1) is 23.1. The molecule has 0 spiro atoms. The summed E-state index contributed by atoms with van der Waals surface area (Å²) in [6.45, 7) is 3.17. The first-order chi connectivity index (χ1) is 15.4. The van der Waals surface area contributed by atoms with Crippen LogP contribution in [0.25, 0.3) is 0 Å². The van der Waals surface area contributed by atoms with Crippen molar-refractivity contribution in [2.24, 2.45) is 28.6 Å². The molecule has 4 saturated carbocycles. The van der Waals surface area contributed by atoms with Crippen LogP contribution >= 0.6 is 0 Å². The van der Waals surface area contributed by atoms with Gasteiger partial charge in [-0.3, -0.25) is 4.79 Å². The lowest BCUT2D eigenvalue weighted by Crippen LogP contribution is -2.57. The number of rotatable bonds is 5. The zero-order chi connectivity index (χ0) is 23.6. The highest BCUT2D eigenvalue weighted by Crippen LogP contribution is 2.65. The number of hydrogen-bond acceptors (Lipinski definition) is 3. The van der Waals surface area contributed by atoms with Gasteiger partial charge in [-0.15, -0.1) is 0 Å². The molecule has 1 aromatic carbocycles. The highest BCUT2D eigenvalue weighted by Gasteiger charge is 2.58. The zero-order valence-corrected chi connectivity index (χ0v) is 19.6. The molecule has 1 aliphatic heterocycles. The van der Waals surface area contributed by atoms with Crippen LogP contribution < -0.4 is 5.32 Å². The third-order valence-corrected chi connectivity index (χ3v) is 10.3. The van der Waals surface area contributed by atoms with Crippen LogP contribution in [0.5, 0.6) is 0 Å². The summed E-state index contributed by atoms with van der Waals surface area (Å²) in [7, 11) is -4.02. The molecule has 4 bridgehead atoms. The van der Waals surface area contributed by atoms with E-state index in [2.05, 4.69) is 12.2 Å². The van der Waals surface area contributed by atoms with Crippen molar-refractivity contribution in [2.45, 2.75) is 62.9 Å². The largest absolute Gasteiger partial charge is 0.416 e. The average molecular weight is 485 g/mol. The minimum Gasteiger partial charge on any atom is -0.355 e. The first-order valence-corrected chi connectivity index (χ1v) is 13.3. The van der Waals surface area contributed by atoms with Gasteiger partial charge in [-0.25, -0.2) is 8.42 Å². The second-order valence-electron chi connectivity index (χ2n) is 11.3. The zero-order valence-electron chi connectivity index (χ0n) is 18.8. The number of amides is 1. The second-order valence-corrected chi connectivity index (χ2v) is 13.2. The molecule has 5 nitrogen and oxygen atoms in total. The molecule has 5 atom stereocenters. The van der Waals surface area contributed by atoms with Crippen LogP contribution in [0.3, 0.4) is 0 Å². The number of halogens is 3. The van der Waals surface area contributed by atoms with Crippen LogP contribution in [0.1, 0.15) is 57.4 Å². The number of alkyl halides is 3. The average Bonchev–Trinajstić information content (AvgIpc) is 3.19. The van der Waals surface area contributed by atoms with Crippen molar-refractivity contribution >= 4 is 15.9 Å². The Labute approximate surface area is 193 Å². The van der Waals surface area contributed by atoms with Crippen molar-refractivity contribution < 1.29 is 26.4 Å². The highest BCUT2D eigenvalue weighted by atomic mass is 32.2. The fraction of sp³-hybridized carbons (Fsp3) is 0.708. The Balaban J connectivity index is 1.21. The Morgan fingerprint density at radius 1 is 1.18 bits per heavy atom. The minimum atomic E-state index is -4.60. The number of carbonyl (C=O) groups is 1. The highest BCUT2D eigenvalue weighted by molar-refractivity contribution is 7.89. The Morgan fingerprint density at radius 3 is 2.52 bits per heavy atom. The van der Waals surface area contributed by atoms with Gasteiger partial charge in [0.1, 0.15) is 0 Å². The third kappa shape index (κ3) is 4.20. The summed E-state index contributed by atoms with van der Waals surface area (Å²) in [5, 5.41) is 3.13. The lowest BCUT2D eigenvalue weighted by Gasteiger charge is -2.60. The predicted octanol–water partition coefficient (Wildman–Crippen LogP) is 4.44. The molecule has 33 heavy (non-hydrogen) atoms.